The van der Waals surface area contributed by atoms with E-state index in [-0.39, 0.29) is 5.97 Å². The van der Waals surface area contributed by atoms with Crippen LogP contribution >= 0.6 is 0 Å². The average Bonchev–Trinajstić information content (AvgIpc) is 3.10. The highest BCUT2D eigenvalue weighted by Crippen LogP contribution is 2.25. The Labute approximate surface area is 130 Å². The molecular formula is C17H19N3O2. The molecule has 114 valence electrons. The van der Waals surface area contributed by atoms with Crippen LogP contribution in [0, 0.1) is 0 Å². The Bertz CT molecular complexity index is 652. The second-order valence-corrected chi connectivity index (χ2v) is 5.21. The van der Waals surface area contributed by atoms with E-state index in [1.807, 2.05) is 30.3 Å². The van der Waals surface area contributed by atoms with Crippen molar-refractivity contribution >= 4 is 11.8 Å². The maximum atomic E-state index is 12.1. The van der Waals surface area contributed by atoms with Gasteiger partial charge in [0.1, 0.15) is 11.4 Å². The first-order valence-corrected chi connectivity index (χ1v) is 7.64. The lowest BCUT2D eigenvalue weighted by atomic mass is 10.2. The molecule has 22 heavy (non-hydrogen) atoms. The lowest BCUT2D eigenvalue weighted by molar-refractivity contribution is 0.0526. The number of hydrogen-bond donors (Lipinski definition) is 0. The third-order valence-corrected chi connectivity index (χ3v) is 3.70. The number of carbonyl (C=O) groups is 1. The zero-order valence-corrected chi connectivity index (χ0v) is 12.7. The van der Waals surface area contributed by atoms with Crippen LogP contribution in [0.25, 0.3) is 11.4 Å². The Morgan fingerprint density at radius 1 is 1.23 bits per heavy atom. The van der Waals surface area contributed by atoms with Crippen molar-refractivity contribution in [2.24, 2.45) is 0 Å². The van der Waals surface area contributed by atoms with Gasteiger partial charge in [-0.15, -0.1) is 0 Å². The van der Waals surface area contributed by atoms with Crippen LogP contribution in [0.15, 0.2) is 36.5 Å². The monoisotopic (exact) mass is 297 g/mol. The minimum atomic E-state index is -0.357. The zero-order chi connectivity index (χ0) is 15.4. The quantitative estimate of drug-likeness (QED) is 0.812. The predicted molar refractivity (Wildman–Crippen MR) is 84.9 cm³/mol. The van der Waals surface area contributed by atoms with Crippen molar-refractivity contribution in [3.63, 3.8) is 0 Å². The van der Waals surface area contributed by atoms with Gasteiger partial charge < -0.3 is 9.64 Å². The van der Waals surface area contributed by atoms with Gasteiger partial charge in [-0.25, -0.2) is 14.8 Å². The second-order valence-electron chi connectivity index (χ2n) is 5.21. The number of ether oxygens (including phenoxy) is 1. The molecule has 0 radical (unpaired) electrons. The molecular weight excluding hydrogens is 278 g/mol. The minimum Gasteiger partial charge on any atom is -0.462 e. The Kier molecular flexibility index (Phi) is 4.32. The third-order valence-electron chi connectivity index (χ3n) is 3.70. The maximum Gasteiger partial charge on any atom is 0.343 e. The van der Waals surface area contributed by atoms with Gasteiger partial charge in [-0.3, -0.25) is 0 Å². The van der Waals surface area contributed by atoms with Gasteiger partial charge in [0.05, 0.1) is 6.61 Å². The summed E-state index contributed by atoms with van der Waals surface area (Å²) in [7, 11) is 0. The standard InChI is InChI=1S/C17H19N3O2/c1-2-22-17(21)14-12-18-15(13-8-4-3-5-9-13)19-16(14)20-10-6-7-11-20/h3-5,8-9,12H,2,6-7,10-11H2,1H3. The van der Waals surface area contributed by atoms with Crippen LogP contribution in [0.5, 0.6) is 0 Å². The number of carbonyl (C=O) groups excluding carboxylic acids is 1. The van der Waals surface area contributed by atoms with Gasteiger partial charge in [0.25, 0.3) is 0 Å². The zero-order valence-electron chi connectivity index (χ0n) is 12.7. The fourth-order valence-corrected chi connectivity index (χ4v) is 2.62. The van der Waals surface area contributed by atoms with Crippen LogP contribution in [-0.2, 0) is 4.74 Å². The number of benzene rings is 1. The lowest BCUT2D eigenvalue weighted by Crippen LogP contribution is -2.23. The summed E-state index contributed by atoms with van der Waals surface area (Å²) in [5.74, 6) is 0.962. The maximum absolute atomic E-state index is 12.1. The summed E-state index contributed by atoms with van der Waals surface area (Å²) in [6, 6.07) is 9.79. The van der Waals surface area contributed by atoms with Crippen LogP contribution in [0.2, 0.25) is 0 Å². The summed E-state index contributed by atoms with van der Waals surface area (Å²) in [6.45, 7) is 3.97. The van der Waals surface area contributed by atoms with Crippen LogP contribution in [0.1, 0.15) is 30.1 Å². The summed E-state index contributed by atoms with van der Waals surface area (Å²) in [5.41, 5.74) is 1.39. The second kappa shape index (κ2) is 6.56. The third kappa shape index (κ3) is 2.93. The molecule has 0 amide bonds. The van der Waals surface area contributed by atoms with Crippen LogP contribution in [0.3, 0.4) is 0 Å². The van der Waals surface area contributed by atoms with Crippen LogP contribution in [0.4, 0.5) is 5.82 Å². The number of nitrogens with zero attached hydrogens (tertiary/aromatic N) is 3. The fraction of sp³-hybridized carbons (Fsp3) is 0.353. The molecule has 0 saturated carbocycles. The molecule has 0 unspecified atom stereocenters. The SMILES string of the molecule is CCOC(=O)c1cnc(-c2ccccc2)nc1N1CCCC1. The lowest BCUT2D eigenvalue weighted by Gasteiger charge is -2.19. The first-order chi connectivity index (χ1) is 10.8. The van der Waals surface area contributed by atoms with E-state index in [9.17, 15) is 4.79 Å². The summed E-state index contributed by atoms with van der Waals surface area (Å²) in [6.07, 6.45) is 3.82. The van der Waals surface area contributed by atoms with Crippen molar-refractivity contribution in [2.75, 3.05) is 24.6 Å². The summed E-state index contributed by atoms with van der Waals surface area (Å²) < 4.78 is 5.13. The van der Waals surface area contributed by atoms with Crippen molar-refractivity contribution in [1.29, 1.82) is 0 Å². The summed E-state index contributed by atoms with van der Waals surface area (Å²) in [5, 5.41) is 0. The highest BCUT2D eigenvalue weighted by atomic mass is 16.5. The van der Waals surface area contributed by atoms with E-state index in [0.29, 0.717) is 23.8 Å². The molecule has 1 saturated heterocycles. The van der Waals surface area contributed by atoms with E-state index in [0.717, 1.165) is 31.5 Å². The number of anilines is 1. The first-order valence-electron chi connectivity index (χ1n) is 7.64. The summed E-state index contributed by atoms with van der Waals surface area (Å²) >= 11 is 0. The highest BCUT2D eigenvalue weighted by molar-refractivity contribution is 5.94. The molecule has 3 rings (SSSR count). The Balaban J connectivity index is 2.02. The molecule has 5 nitrogen and oxygen atoms in total. The van der Waals surface area contributed by atoms with Crippen molar-refractivity contribution in [2.45, 2.75) is 19.8 Å². The van der Waals surface area contributed by atoms with Crippen LogP contribution < -0.4 is 4.90 Å². The van der Waals surface area contributed by atoms with Gasteiger partial charge in [0.15, 0.2) is 5.82 Å². The topological polar surface area (TPSA) is 55.3 Å². The van der Waals surface area contributed by atoms with E-state index in [1.54, 1.807) is 13.1 Å². The van der Waals surface area contributed by atoms with Crippen molar-refractivity contribution in [3.05, 3.63) is 42.1 Å². The highest BCUT2D eigenvalue weighted by Gasteiger charge is 2.23. The molecule has 0 atom stereocenters. The normalized spacial score (nSPS) is 14.1. The minimum absolute atomic E-state index is 0.346. The van der Waals surface area contributed by atoms with Gasteiger partial charge in [0.2, 0.25) is 0 Å². The molecule has 1 aromatic heterocycles. The molecule has 0 N–H and O–H groups in total. The molecule has 5 heteroatoms. The fourth-order valence-electron chi connectivity index (χ4n) is 2.62. The van der Waals surface area contributed by atoms with E-state index in [4.69, 9.17) is 4.74 Å². The molecule has 0 spiro atoms. The summed E-state index contributed by atoms with van der Waals surface area (Å²) in [4.78, 5) is 23.3. The number of hydrogen-bond acceptors (Lipinski definition) is 5. The van der Waals surface area contributed by atoms with E-state index >= 15 is 0 Å². The molecule has 1 aliphatic rings. The Morgan fingerprint density at radius 3 is 2.64 bits per heavy atom. The molecule has 0 bridgehead atoms. The van der Waals surface area contributed by atoms with Crippen molar-refractivity contribution < 1.29 is 9.53 Å². The van der Waals surface area contributed by atoms with Gasteiger partial charge in [-0.1, -0.05) is 30.3 Å². The molecule has 1 fully saturated rings. The molecule has 2 heterocycles. The van der Waals surface area contributed by atoms with E-state index in [1.165, 1.54) is 0 Å². The van der Waals surface area contributed by atoms with Gasteiger partial charge in [-0.2, -0.15) is 0 Å². The molecule has 1 aromatic carbocycles. The number of aromatic nitrogens is 2. The first kappa shape index (κ1) is 14.5. The van der Waals surface area contributed by atoms with Gasteiger partial charge in [0, 0.05) is 24.8 Å². The van der Waals surface area contributed by atoms with Crippen molar-refractivity contribution in [1.82, 2.24) is 9.97 Å². The van der Waals surface area contributed by atoms with Gasteiger partial charge >= 0.3 is 5.97 Å². The largest absolute Gasteiger partial charge is 0.462 e. The smallest absolute Gasteiger partial charge is 0.343 e. The number of esters is 1. The average molecular weight is 297 g/mol. The van der Waals surface area contributed by atoms with Crippen molar-refractivity contribution in [3.8, 4) is 11.4 Å². The Hall–Kier alpha value is -2.43. The predicted octanol–water partition coefficient (Wildman–Crippen LogP) is 2.92. The Morgan fingerprint density at radius 2 is 1.95 bits per heavy atom. The molecule has 1 aliphatic heterocycles. The number of rotatable bonds is 4. The van der Waals surface area contributed by atoms with E-state index in [2.05, 4.69) is 14.9 Å². The molecule has 0 aliphatic carbocycles. The van der Waals surface area contributed by atoms with Crippen LogP contribution in [-0.4, -0.2) is 35.6 Å². The van der Waals surface area contributed by atoms with Gasteiger partial charge in [-0.05, 0) is 19.8 Å². The molecule has 2 aromatic rings. The van der Waals surface area contributed by atoms with E-state index < -0.39 is 0 Å².